The van der Waals surface area contributed by atoms with Crippen molar-refractivity contribution in [1.29, 1.82) is 0 Å². The zero-order valence-electron chi connectivity index (χ0n) is 16.5. The molecule has 0 unspecified atom stereocenters. The van der Waals surface area contributed by atoms with Crippen molar-refractivity contribution in [3.05, 3.63) is 59.3 Å². The van der Waals surface area contributed by atoms with Crippen LogP contribution >= 0.6 is 0 Å². The molecule has 1 aromatic carbocycles. The van der Waals surface area contributed by atoms with Gasteiger partial charge in [0, 0.05) is 25.2 Å². The van der Waals surface area contributed by atoms with Gasteiger partial charge >= 0.3 is 0 Å². The van der Waals surface area contributed by atoms with Crippen molar-refractivity contribution in [1.82, 2.24) is 15.2 Å². The van der Waals surface area contributed by atoms with Crippen LogP contribution in [0.1, 0.15) is 46.0 Å². The van der Waals surface area contributed by atoms with Gasteiger partial charge in [0.05, 0.1) is 17.7 Å². The number of hydrogen-bond donors (Lipinski definition) is 2. The molecule has 9 heteroatoms. The van der Waals surface area contributed by atoms with Crippen LogP contribution in [0.15, 0.2) is 42.6 Å². The SMILES string of the molecule is CCOc1cc(CNC(=O)[C@H](CCC(N)=O)N2C(=O)c3ccccc3C2=O)ccn1. The number of rotatable bonds is 9. The van der Waals surface area contributed by atoms with E-state index >= 15 is 0 Å². The minimum Gasteiger partial charge on any atom is -0.478 e. The van der Waals surface area contributed by atoms with Gasteiger partial charge in [0.2, 0.25) is 17.7 Å². The number of nitrogens with zero attached hydrogens (tertiary/aromatic N) is 2. The number of aromatic nitrogens is 1. The monoisotopic (exact) mass is 410 g/mol. The van der Waals surface area contributed by atoms with E-state index in [2.05, 4.69) is 10.3 Å². The normalized spacial score (nSPS) is 13.7. The van der Waals surface area contributed by atoms with Crippen molar-refractivity contribution in [2.24, 2.45) is 5.73 Å². The molecule has 1 atom stereocenters. The molecule has 0 saturated heterocycles. The van der Waals surface area contributed by atoms with Crippen molar-refractivity contribution < 1.29 is 23.9 Å². The Labute approximate surface area is 173 Å². The van der Waals surface area contributed by atoms with Crippen LogP contribution in [0.4, 0.5) is 0 Å². The first kappa shape index (κ1) is 21.0. The van der Waals surface area contributed by atoms with Crippen LogP contribution in [-0.2, 0) is 16.1 Å². The van der Waals surface area contributed by atoms with E-state index in [0.717, 1.165) is 10.5 Å². The predicted octanol–water partition coefficient (Wildman–Crippen LogP) is 1.03. The number of nitrogens with one attached hydrogen (secondary N) is 1. The van der Waals surface area contributed by atoms with Crippen LogP contribution in [0.2, 0.25) is 0 Å². The van der Waals surface area contributed by atoms with E-state index in [4.69, 9.17) is 10.5 Å². The Hall–Kier alpha value is -3.75. The molecule has 2 heterocycles. The first-order chi connectivity index (χ1) is 14.4. The number of nitrogens with two attached hydrogens (primary N) is 1. The number of ether oxygens (including phenoxy) is 1. The third-order valence-corrected chi connectivity index (χ3v) is 4.66. The second-order valence-electron chi connectivity index (χ2n) is 6.70. The molecular weight excluding hydrogens is 388 g/mol. The third-order valence-electron chi connectivity index (χ3n) is 4.66. The number of hydrogen-bond acceptors (Lipinski definition) is 6. The van der Waals surface area contributed by atoms with Crippen molar-refractivity contribution in [3.8, 4) is 5.88 Å². The van der Waals surface area contributed by atoms with Crippen LogP contribution in [0.5, 0.6) is 5.88 Å². The Kier molecular flexibility index (Phi) is 6.41. The van der Waals surface area contributed by atoms with Gasteiger partial charge in [-0.1, -0.05) is 12.1 Å². The molecule has 1 aliphatic heterocycles. The number of imide groups is 1. The Morgan fingerprint density at radius 2 is 1.83 bits per heavy atom. The van der Waals surface area contributed by atoms with E-state index in [-0.39, 0.29) is 30.5 Å². The highest BCUT2D eigenvalue weighted by atomic mass is 16.5. The van der Waals surface area contributed by atoms with Crippen LogP contribution < -0.4 is 15.8 Å². The molecule has 30 heavy (non-hydrogen) atoms. The molecule has 0 spiro atoms. The summed E-state index contributed by atoms with van der Waals surface area (Å²) < 4.78 is 5.34. The second-order valence-corrected chi connectivity index (χ2v) is 6.70. The molecular formula is C21H22N4O5. The van der Waals surface area contributed by atoms with Gasteiger partial charge in [0.15, 0.2) is 0 Å². The highest BCUT2D eigenvalue weighted by Crippen LogP contribution is 2.26. The summed E-state index contributed by atoms with van der Waals surface area (Å²) >= 11 is 0. The smallest absolute Gasteiger partial charge is 0.262 e. The lowest BCUT2D eigenvalue weighted by Gasteiger charge is -2.25. The number of pyridine rings is 1. The lowest BCUT2D eigenvalue weighted by atomic mass is 10.1. The highest BCUT2D eigenvalue weighted by Gasteiger charge is 2.42. The second kappa shape index (κ2) is 9.17. The van der Waals surface area contributed by atoms with E-state index in [9.17, 15) is 19.2 Å². The van der Waals surface area contributed by atoms with E-state index < -0.39 is 29.7 Å². The Balaban J connectivity index is 1.78. The summed E-state index contributed by atoms with van der Waals surface area (Å²) in [6.45, 7) is 2.43. The molecule has 3 N–H and O–H groups in total. The zero-order chi connectivity index (χ0) is 21.7. The van der Waals surface area contributed by atoms with Gasteiger partial charge in [0.25, 0.3) is 11.8 Å². The van der Waals surface area contributed by atoms with E-state index in [1.807, 2.05) is 6.92 Å². The topological polar surface area (TPSA) is 132 Å². The first-order valence-electron chi connectivity index (χ1n) is 9.53. The molecule has 156 valence electrons. The van der Waals surface area contributed by atoms with Gasteiger partial charge in [-0.3, -0.25) is 24.1 Å². The summed E-state index contributed by atoms with van der Waals surface area (Å²) in [5, 5.41) is 2.72. The number of primary amides is 1. The lowest BCUT2D eigenvalue weighted by molar-refractivity contribution is -0.125. The average molecular weight is 410 g/mol. The van der Waals surface area contributed by atoms with Gasteiger partial charge in [-0.15, -0.1) is 0 Å². The standard InChI is InChI=1S/C21H22N4O5/c1-2-30-18-11-13(9-10-23-18)12-24-19(27)16(7-8-17(22)26)25-20(28)14-5-3-4-6-15(14)21(25)29/h3-6,9-11,16H,2,7-8,12H2,1H3,(H2,22,26)(H,24,27)/t16-/m0/s1. The quantitative estimate of drug-likeness (QED) is 0.594. The molecule has 1 aromatic heterocycles. The van der Waals surface area contributed by atoms with E-state index in [0.29, 0.717) is 12.5 Å². The maximum Gasteiger partial charge on any atom is 0.262 e. The van der Waals surface area contributed by atoms with Gasteiger partial charge in [-0.2, -0.15) is 0 Å². The molecule has 0 bridgehead atoms. The first-order valence-corrected chi connectivity index (χ1v) is 9.53. The Bertz CT molecular complexity index is 956. The maximum atomic E-state index is 12.9. The maximum absolute atomic E-state index is 12.9. The molecule has 2 aromatic rings. The fourth-order valence-electron chi connectivity index (χ4n) is 3.24. The molecule has 1 aliphatic rings. The van der Waals surface area contributed by atoms with Crippen molar-refractivity contribution in [2.75, 3.05) is 6.61 Å². The summed E-state index contributed by atoms with van der Waals surface area (Å²) in [5.41, 5.74) is 6.42. The Morgan fingerprint density at radius 3 is 2.43 bits per heavy atom. The summed E-state index contributed by atoms with van der Waals surface area (Å²) in [7, 11) is 0. The fourth-order valence-corrected chi connectivity index (χ4v) is 3.24. The van der Waals surface area contributed by atoms with Gasteiger partial charge in [-0.25, -0.2) is 4.98 Å². The molecule has 0 aliphatic carbocycles. The minimum absolute atomic E-state index is 0.0623. The number of fused-ring (bicyclic) bond motifs is 1. The van der Waals surface area contributed by atoms with Crippen molar-refractivity contribution >= 4 is 23.6 Å². The van der Waals surface area contributed by atoms with Crippen LogP contribution in [-0.4, -0.2) is 46.2 Å². The summed E-state index contributed by atoms with van der Waals surface area (Å²) in [6, 6.07) is 8.60. The summed E-state index contributed by atoms with van der Waals surface area (Å²) in [5.74, 6) is -1.89. The average Bonchev–Trinajstić information content (AvgIpc) is 2.98. The molecule has 0 radical (unpaired) electrons. The fraction of sp³-hybridized carbons (Fsp3) is 0.286. The van der Waals surface area contributed by atoms with Gasteiger partial charge in [0.1, 0.15) is 6.04 Å². The Morgan fingerprint density at radius 1 is 1.17 bits per heavy atom. The summed E-state index contributed by atoms with van der Waals surface area (Å²) in [4.78, 5) is 54.7. The van der Waals surface area contributed by atoms with Crippen molar-refractivity contribution in [2.45, 2.75) is 32.4 Å². The zero-order valence-corrected chi connectivity index (χ0v) is 16.5. The molecule has 4 amide bonds. The molecule has 3 rings (SSSR count). The number of amides is 4. The van der Waals surface area contributed by atoms with Crippen LogP contribution in [0.3, 0.4) is 0 Å². The number of carbonyl (C=O) groups excluding carboxylic acids is 4. The summed E-state index contributed by atoms with van der Waals surface area (Å²) in [6.07, 6.45) is 1.35. The largest absolute Gasteiger partial charge is 0.478 e. The number of carbonyl (C=O) groups is 4. The molecule has 9 nitrogen and oxygen atoms in total. The van der Waals surface area contributed by atoms with Gasteiger partial charge < -0.3 is 15.8 Å². The third kappa shape index (κ3) is 4.45. The van der Waals surface area contributed by atoms with Crippen molar-refractivity contribution in [3.63, 3.8) is 0 Å². The minimum atomic E-state index is -1.15. The van der Waals surface area contributed by atoms with Gasteiger partial charge in [-0.05, 0) is 37.1 Å². The lowest BCUT2D eigenvalue weighted by Crippen LogP contribution is -2.49. The van der Waals surface area contributed by atoms with Crippen LogP contribution in [0, 0.1) is 0 Å². The predicted molar refractivity (Wildman–Crippen MR) is 106 cm³/mol. The van der Waals surface area contributed by atoms with Crippen LogP contribution in [0.25, 0.3) is 0 Å². The van der Waals surface area contributed by atoms with E-state index in [1.54, 1.807) is 30.5 Å². The molecule has 0 fully saturated rings. The molecule has 0 saturated carbocycles. The number of benzene rings is 1. The van der Waals surface area contributed by atoms with E-state index in [1.165, 1.54) is 12.1 Å². The highest BCUT2D eigenvalue weighted by molar-refractivity contribution is 6.22.